The summed E-state index contributed by atoms with van der Waals surface area (Å²) >= 11 is 1.45. The van der Waals surface area contributed by atoms with Gasteiger partial charge in [-0.1, -0.05) is 0 Å². The van der Waals surface area contributed by atoms with Crippen molar-refractivity contribution >= 4 is 28.4 Å². The van der Waals surface area contributed by atoms with Gasteiger partial charge in [0.2, 0.25) is 3.68 Å². The van der Waals surface area contributed by atoms with Crippen LogP contribution in [0.5, 0.6) is 0 Å². The van der Waals surface area contributed by atoms with Crippen molar-refractivity contribution in [2.45, 2.75) is 17.5 Å². The molecule has 0 aliphatic heterocycles. The number of rotatable bonds is 1. The first kappa shape index (κ1) is 7.33. The van der Waals surface area contributed by atoms with E-state index in [2.05, 4.69) is 0 Å². The smallest absolute Gasteiger partial charge is 0.215 e. The van der Waals surface area contributed by atoms with E-state index >= 15 is 0 Å². The largest absolute Gasteiger partial charge is 0.295 e. The molecule has 0 spiro atoms. The van der Waals surface area contributed by atoms with Gasteiger partial charge < -0.3 is 0 Å². The van der Waals surface area contributed by atoms with E-state index in [4.69, 9.17) is 0 Å². The standard InChI is InChI=1S/C4H6FIO/c1-3(7)4(2,5)6/h1-2H3. The molecule has 1 nitrogen and oxygen atoms in total. The molecule has 0 saturated carbocycles. The van der Waals surface area contributed by atoms with Gasteiger partial charge in [-0.3, -0.25) is 4.79 Å². The highest BCUT2D eigenvalue weighted by Gasteiger charge is 2.23. The van der Waals surface area contributed by atoms with Crippen LogP contribution in [0, 0.1) is 0 Å². The third-order valence-electron chi connectivity index (χ3n) is 0.618. The summed E-state index contributed by atoms with van der Waals surface area (Å²) in [5.41, 5.74) is 0. The number of hydrogen-bond acceptors (Lipinski definition) is 1. The molecule has 1 unspecified atom stereocenters. The molecule has 0 heterocycles. The Kier molecular flexibility index (Phi) is 2.16. The normalized spacial score (nSPS) is 18.3. The topological polar surface area (TPSA) is 17.1 Å². The van der Waals surface area contributed by atoms with Crippen LogP contribution < -0.4 is 0 Å². The number of carbonyl (C=O) groups excluding carboxylic acids is 1. The fraction of sp³-hybridized carbons (Fsp3) is 0.750. The predicted octanol–water partition coefficient (Wildman–Crippen LogP) is 1.70. The Morgan fingerprint density at radius 3 is 2.00 bits per heavy atom. The Labute approximate surface area is 55.4 Å². The number of Topliss-reactive ketones (excluding diaryl/α,β-unsaturated/α-hetero) is 1. The highest BCUT2D eigenvalue weighted by molar-refractivity contribution is 14.1. The Hall–Kier alpha value is 0.330. The summed E-state index contributed by atoms with van der Waals surface area (Å²) in [5, 5.41) is 0. The van der Waals surface area contributed by atoms with Crippen molar-refractivity contribution in [3.8, 4) is 0 Å². The van der Waals surface area contributed by atoms with E-state index in [1.54, 1.807) is 0 Å². The molecule has 0 rings (SSSR count). The van der Waals surface area contributed by atoms with E-state index in [1.807, 2.05) is 0 Å². The second-order valence-corrected chi connectivity index (χ2v) is 3.47. The molecule has 0 amide bonds. The van der Waals surface area contributed by atoms with E-state index in [0.29, 0.717) is 0 Å². The second-order valence-electron chi connectivity index (χ2n) is 1.44. The summed E-state index contributed by atoms with van der Waals surface area (Å²) in [4.78, 5) is 10.1. The third kappa shape index (κ3) is 2.96. The molecule has 0 bridgehead atoms. The molecule has 0 radical (unpaired) electrons. The zero-order valence-corrected chi connectivity index (χ0v) is 6.32. The second kappa shape index (κ2) is 2.07. The number of alkyl halides is 2. The molecule has 0 aromatic carbocycles. The lowest BCUT2D eigenvalue weighted by molar-refractivity contribution is -0.121. The Morgan fingerprint density at radius 2 is 2.00 bits per heavy atom. The van der Waals surface area contributed by atoms with Gasteiger partial charge in [-0.15, -0.1) is 0 Å². The van der Waals surface area contributed by atoms with Gasteiger partial charge in [0, 0.05) is 0 Å². The lowest BCUT2D eigenvalue weighted by Gasteiger charge is -2.03. The molecular formula is C4H6FIO. The lowest BCUT2D eigenvalue weighted by Crippen LogP contribution is -2.17. The number of halogens is 2. The summed E-state index contributed by atoms with van der Waals surface area (Å²) in [6, 6.07) is 0. The molecule has 0 saturated heterocycles. The maximum Gasteiger partial charge on any atom is 0.215 e. The molecular weight excluding hydrogens is 210 g/mol. The molecule has 0 aliphatic rings. The van der Waals surface area contributed by atoms with Crippen LogP contribution in [0.1, 0.15) is 13.8 Å². The molecule has 42 valence electrons. The first-order valence-corrected chi connectivity index (χ1v) is 2.91. The number of hydrogen-bond donors (Lipinski definition) is 0. The van der Waals surface area contributed by atoms with Crippen LogP contribution in [-0.4, -0.2) is 9.46 Å². The van der Waals surface area contributed by atoms with Crippen molar-refractivity contribution in [3.05, 3.63) is 0 Å². The zero-order chi connectivity index (χ0) is 6.08. The first-order chi connectivity index (χ1) is 2.94. The highest BCUT2D eigenvalue weighted by atomic mass is 127. The van der Waals surface area contributed by atoms with Crippen LogP contribution in [0.15, 0.2) is 0 Å². The van der Waals surface area contributed by atoms with E-state index < -0.39 is 9.46 Å². The van der Waals surface area contributed by atoms with Crippen LogP contribution in [0.3, 0.4) is 0 Å². The van der Waals surface area contributed by atoms with Gasteiger partial charge in [0.05, 0.1) is 0 Å². The minimum absolute atomic E-state index is 0.437. The van der Waals surface area contributed by atoms with E-state index in [9.17, 15) is 9.18 Å². The van der Waals surface area contributed by atoms with Crippen LogP contribution in [-0.2, 0) is 4.79 Å². The average molecular weight is 216 g/mol. The van der Waals surface area contributed by atoms with Crippen molar-refractivity contribution < 1.29 is 9.18 Å². The van der Waals surface area contributed by atoms with Gasteiger partial charge in [-0.05, 0) is 36.4 Å². The lowest BCUT2D eigenvalue weighted by atomic mass is 10.3. The van der Waals surface area contributed by atoms with Crippen molar-refractivity contribution in [1.82, 2.24) is 0 Å². The average Bonchev–Trinajstić information content (AvgIpc) is 1.31. The Balaban J connectivity index is 3.79. The fourth-order valence-corrected chi connectivity index (χ4v) is 0. The maximum absolute atomic E-state index is 12.1. The predicted molar refractivity (Wildman–Crippen MR) is 34.2 cm³/mol. The summed E-state index contributed by atoms with van der Waals surface area (Å²) in [5.74, 6) is -0.437. The Morgan fingerprint density at radius 1 is 1.86 bits per heavy atom. The fourth-order valence-electron chi connectivity index (χ4n) is 0. The van der Waals surface area contributed by atoms with Crippen molar-refractivity contribution in [2.24, 2.45) is 0 Å². The van der Waals surface area contributed by atoms with Crippen LogP contribution in [0.25, 0.3) is 0 Å². The van der Waals surface area contributed by atoms with Crippen molar-refractivity contribution in [3.63, 3.8) is 0 Å². The van der Waals surface area contributed by atoms with Gasteiger partial charge in [0.15, 0.2) is 5.78 Å². The summed E-state index contributed by atoms with van der Waals surface area (Å²) in [6.07, 6.45) is 0. The third-order valence-corrected chi connectivity index (χ3v) is 1.38. The molecule has 1 atom stereocenters. The molecule has 7 heavy (non-hydrogen) atoms. The molecule has 0 aromatic heterocycles. The number of carbonyl (C=O) groups is 1. The summed E-state index contributed by atoms with van der Waals surface area (Å²) in [7, 11) is 0. The highest BCUT2D eigenvalue weighted by Crippen LogP contribution is 2.19. The maximum atomic E-state index is 12.1. The van der Waals surface area contributed by atoms with Gasteiger partial charge in [0.1, 0.15) is 0 Å². The SMILES string of the molecule is CC(=O)C(C)(F)I. The van der Waals surface area contributed by atoms with Gasteiger partial charge in [0.25, 0.3) is 0 Å². The van der Waals surface area contributed by atoms with Gasteiger partial charge in [-0.2, -0.15) is 0 Å². The molecule has 0 N–H and O–H groups in total. The van der Waals surface area contributed by atoms with Crippen LogP contribution in [0.4, 0.5) is 4.39 Å². The van der Waals surface area contributed by atoms with Gasteiger partial charge >= 0.3 is 0 Å². The van der Waals surface area contributed by atoms with Gasteiger partial charge in [-0.25, -0.2) is 4.39 Å². The summed E-state index contributed by atoms with van der Waals surface area (Å²) < 4.78 is 10.5. The zero-order valence-electron chi connectivity index (χ0n) is 4.16. The molecule has 0 aliphatic carbocycles. The quantitative estimate of drug-likeness (QED) is 0.481. The monoisotopic (exact) mass is 216 g/mol. The Bertz CT molecular complexity index is 84.2. The van der Waals surface area contributed by atoms with Crippen LogP contribution in [0.2, 0.25) is 0 Å². The minimum Gasteiger partial charge on any atom is -0.295 e. The van der Waals surface area contributed by atoms with Crippen LogP contribution >= 0.6 is 22.6 Å². The molecule has 0 fully saturated rings. The number of ketones is 1. The minimum atomic E-state index is -1.67. The molecule has 0 aromatic rings. The van der Waals surface area contributed by atoms with E-state index in [-0.39, 0.29) is 0 Å². The van der Waals surface area contributed by atoms with E-state index in [0.717, 1.165) is 0 Å². The van der Waals surface area contributed by atoms with Crippen molar-refractivity contribution in [1.29, 1.82) is 0 Å². The van der Waals surface area contributed by atoms with E-state index in [1.165, 1.54) is 36.4 Å². The summed E-state index contributed by atoms with van der Waals surface area (Å²) in [6.45, 7) is 2.46. The molecule has 3 heteroatoms. The first-order valence-electron chi connectivity index (χ1n) is 1.83. The van der Waals surface area contributed by atoms with Crippen molar-refractivity contribution in [2.75, 3.05) is 0 Å².